The molecule has 4 aromatic rings. The summed E-state index contributed by atoms with van der Waals surface area (Å²) in [4.78, 5) is 30.1. The monoisotopic (exact) mass is 510 g/mol. The van der Waals surface area contributed by atoms with Crippen molar-refractivity contribution in [2.45, 2.75) is 44.3 Å². The first-order valence-electron chi connectivity index (χ1n) is 11.7. The first kappa shape index (κ1) is 24.5. The minimum atomic E-state index is -1.32. The molecule has 14 heteroatoms. The largest absolute Gasteiger partial charge is 0.458 e. The van der Waals surface area contributed by atoms with Crippen LogP contribution in [0.2, 0.25) is 0 Å². The number of imidazole rings is 1. The summed E-state index contributed by atoms with van der Waals surface area (Å²) < 4.78 is 17.9. The molecule has 194 valence electrons. The summed E-state index contributed by atoms with van der Waals surface area (Å²) in [6, 6.07) is 9.79. The second-order valence-electron chi connectivity index (χ2n) is 8.41. The van der Waals surface area contributed by atoms with Gasteiger partial charge in [-0.3, -0.25) is 9.36 Å². The molecule has 0 spiro atoms. The average Bonchev–Trinajstić information content (AvgIpc) is 3.63. The third-order valence-electron chi connectivity index (χ3n) is 6.15. The van der Waals surface area contributed by atoms with Crippen LogP contribution in [-0.4, -0.2) is 71.8 Å². The highest BCUT2D eigenvalue weighted by Crippen LogP contribution is 2.41. The number of aliphatic hydroxyl groups is 2. The molecule has 14 nitrogen and oxygen atoms in total. The molecule has 1 aliphatic heterocycles. The number of ether oxygens (including phenoxy) is 2. The first-order valence-corrected chi connectivity index (χ1v) is 11.7. The van der Waals surface area contributed by atoms with Crippen molar-refractivity contribution in [2.24, 2.45) is 0 Å². The number of hydrogen-bond donors (Lipinski definition) is 3. The van der Waals surface area contributed by atoms with Crippen molar-refractivity contribution in [2.75, 3.05) is 23.9 Å². The normalized spacial score (nSPS) is 21.4. The summed E-state index contributed by atoms with van der Waals surface area (Å²) in [5.74, 6) is 0.779. The van der Waals surface area contributed by atoms with Crippen LogP contribution in [0, 0.1) is 0 Å². The van der Waals surface area contributed by atoms with Crippen LogP contribution in [0.25, 0.3) is 11.2 Å². The maximum atomic E-state index is 11.2. The van der Waals surface area contributed by atoms with Gasteiger partial charge in [0.25, 0.3) is 12.4 Å². The fourth-order valence-electron chi connectivity index (χ4n) is 4.22. The summed E-state index contributed by atoms with van der Waals surface area (Å²) in [5, 5.41) is 24.9. The Kier molecular flexibility index (Phi) is 6.94. The van der Waals surface area contributed by atoms with Crippen molar-refractivity contribution in [3.05, 3.63) is 53.9 Å². The number of fused-ring (bicyclic) bond motifs is 1. The lowest BCUT2D eigenvalue weighted by Gasteiger charge is -2.21. The van der Waals surface area contributed by atoms with Crippen molar-refractivity contribution in [3.63, 3.8) is 0 Å². The Morgan fingerprint density at radius 3 is 2.76 bits per heavy atom. The van der Waals surface area contributed by atoms with Gasteiger partial charge >= 0.3 is 0 Å². The number of nitrogens with two attached hydrogens (primary N) is 1. The quantitative estimate of drug-likeness (QED) is 0.198. The van der Waals surface area contributed by atoms with Gasteiger partial charge < -0.3 is 34.8 Å². The van der Waals surface area contributed by atoms with E-state index in [-0.39, 0.29) is 42.0 Å². The van der Waals surface area contributed by atoms with E-state index in [0.717, 1.165) is 5.56 Å². The number of carbonyl (C=O) groups excluding carboxylic acids is 1. The maximum Gasteiger partial charge on any atom is 0.293 e. The molecule has 0 aliphatic carbocycles. The summed E-state index contributed by atoms with van der Waals surface area (Å²) in [7, 11) is 0. The van der Waals surface area contributed by atoms with Gasteiger partial charge in [-0.2, -0.15) is 15.0 Å². The second-order valence-corrected chi connectivity index (χ2v) is 8.41. The molecule has 1 fully saturated rings. The van der Waals surface area contributed by atoms with Gasteiger partial charge in [-0.25, -0.2) is 4.98 Å². The second kappa shape index (κ2) is 10.5. The Morgan fingerprint density at radius 2 is 2.05 bits per heavy atom. The molecule has 1 aliphatic rings. The summed E-state index contributed by atoms with van der Waals surface area (Å²) in [6.07, 6.45) is -1.98. The number of aliphatic hydroxyl groups excluding tert-OH is 2. The van der Waals surface area contributed by atoms with Crippen molar-refractivity contribution >= 4 is 29.4 Å². The molecule has 0 radical (unpaired) electrons. The number of aromatic nitrogens is 6. The Balaban J connectivity index is 1.46. The zero-order chi connectivity index (χ0) is 25.9. The highest BCUT2D eigenvalue weighted by Gasteiger charge is 2.50. The van der Waals surface area contributed by atoms with E-state index in [2.05, 4.69) is 25.1 Å². The molecule has 4 heterocycles. The summed E-state index contributed by atoms with van der Waals surface area (Å²) in [5.41, 5.74) is 7.80. The standard InChI is InChI=1S/C23H26N8O6/c1-2-14-26-21(37-29-14)18-17(35-12-33)16(34)22(36-18)31-10-25-15-19(24)27-23(28-20(15)31)30(11-32)9-8-13-6-4-3-5-7-13/h3-7,10,12,16-18,22,32,34H,2,8-9,11H2,1H3,(H2,24,27,28)/t16-,17+,18+,22-/m1/s1. The number of aryl methyl sites for hydroxylation is 1. The number of nitrogen functional groups attached to an aromatic ring is 1. The molecular formula is C23H26N8O6. The molecule has 0 unspecified atom stereocenters. The topological polar surface area (TPSA) is 188 Å². The van der Waals surface area contributed by atoms with Crippen LogP contribution >= 0.6 is 0 Å². The van der Waals surface area contributed by atoms with Crippen LogP contribution in [0.4, 0.5) is 11.8 Å². The van der Waals surface area contributed by atoms with Gasteiger partial charge in [0.1, 0.15) is 18.4 Å². The van der Waals surface area contributed by atoms with E-state index in [1.165, 1.54) is 10.9 Å². The Hall–Kier alpha value is -4.14. The molecule has 3 aromatic heterocycles. The SMILES string of the molecule is CCc1noc([C@H]2O[C@@H](n3cnc4c(N)nc(N(CO)CCc5ccccc5)nc43)[C@H](O)[C@@H]2OC=O)n1. The molecule has 4 N–H and O–H groups in total. The van der Waals surface area contributed by atoms with E-state index in [0.29, 0.717) is 25.2 Å². The maximum absolute atomic E-state index is 11.2. The molecule has 0 amide bonds. The minimum Gasteiger partial charge on any atom is -0.458 e. The van der Waals surface area contributed by atoms with E-state index in [4.69, 9.17) is 19.7 Å². The van der Waals surface area contributed by atoms with Gasteiger partial charge in [0.05, 0.1) is 6.33 Å². The molecule has 1 aromatic carbocycles. The van der Waals surface area contributed by atoms with Crippen molar-refractivity contribution in [3.8, 4) is 0 Å². The van der Waals surface area contributed by atoms with Gasteiger partial charge in [0.15, 0.2) is 35.7 Å². The van der Waals surface area contributed by atoms with E-state index in [1.807, 2.05) is 37.3 Å². The highest BCUT2D eigenvalue weighted by molar-refractivity contribution is 5.83. The fraction of sp³-hybridized carbons (Fsp3) is 0.391. The van der Waals surface area contributed by atoms with E-state index < -0.39 is 24.5 Å². The average molecular weight is 511 g/mol. The third kappa shape index (κ3) is 4.69. The first-order chi connectivity index (χ1) is 18.0. The van der Waals surface area contributed by atoms with Crippen molar-refractivity contribution in [1.82, 2.24) is 29.7 Å². The Morgan fingerprint density at radius 1 is 1.24 bits per heavy atom. The number of benzene rings is 1. The lowest BCUT2D eigenvalue weighted by atomic mass is 10.1. The van der Waals surface area contributed by atoms with Gasteiger partial charge in [-0.1, -0.05) is 42.4 Å². The molecule has 0 bridgehead atoms. The summed E-state index contributed by atoms with van der Waals surface area (Å²) >= 11 is 0. The van der Waals surface area contributed by atoms with E-state index in [9.17, 15) is 15.0 Å². The van der Waals surface area contributed by atoms with Crippen LogP contribution in [0.1, 0.15) is 36.5 Å². The zero-order valence-electron chi connectivity index (χ0n) is 19.9. The number of anilines is 2. The third-order valence-corrected chi connectivity index (χ3v) is 6.15. The van der Waals surface area contributed by atoms with Gasteiger partial charge in [0, 0.05) is 13.0 Å². The predicted octanol–water partition coefficient (Wildman–Crippen LogP) is 0.525. The number of hydrogen-bond acceptors (Lipinski definition) is 13. The van der Waals surface area contributed by atoms with Crippen LogP contribution < -0.4 is 10.6 Å². The number of carbonyl (C=O) groups is 1. The van der Waals surface area contributed by atoms with Crippen LogP contribution in [0.3, 0.4) is 0 Å². The van der Waals surface area contributed by atoms with Crippen LogP contribution in [0.15, 0.2) is 41.2 Å². The van der Waals surface area contributed by atoms with Crippen molar-refractivity contribution in [1.29, 1.82) is 0 Å². The number of rotatable bonds is 10. The summed E-state index contributed by atoms with van der Waals surface area (Å²) in [6.45, 7) is 2.16. The van der Waals surface area contributed by atoms with Crippen LogP contribution in [0.5, 0.6) is 0 Å². The lowest BCUT2D eigenvalue weighted by Crippen LogP contribution is -2.32. The van der Waals surface area contributed by atoms with Gasteiger partial charge in [-0.05, 0) is 12.0 Å². The molecule has 0 saturated carbocycles. The minimum absolute atomic E-state index is 0.0665. The molecule has 37 heavy (non-hydrogen) atoms. The van der Waals surface area contributed by atoms with E-state index in [1.54, 1.807) is 4.90 Å². The molecular weight excluding hydrogens is 484 g/mol. The van der Waals surface area contributed by atoms with Gasteiger partial charge in [-0.15, -0.1) is 0 Å². The lowest BCUT2D eigenvalue weighted by molar-refractivity contribution is -0.140. The van der Waals surface area contributed by atoms with Crippen molar-refractivity contribution < 1.29 is 29.0 Å². The molecule has 4 atom stereocenters. The molecule has 1 saturated heterocycles. The Labute approximate surface area is 210 Å². The fourth-order valence-corrected chi connectivity index (χ4v) is 4.22. The van der Waals surface area contributed by atoms with Crippen LogP contribution in [-0.2, 0) is 27.1 Å². The number of nitrogens with zero attached hydrogens (tertiary/aromatic N) is 7. The highest BCUT2D eigenvalue weighted by atomic mass is 16.6. The zero-order valence-corrected chi connectivity index (χ0v) is 19.9. The van der Waals surface area contributed by atoms with E-state index >= 15 is 0 Å². The van der Waals surface area contributed by atoms with Gasteiger partial charge in [0.2, 0.25) is 5.95 Å². The smallest absolute Gasteiger partial charge is 0.293 e. The Bertz CT molecular complexity index is 1360. The molecule has 5 rings (SSSR count). The predicted molar refractivity (Wildman–Crippen MR) is 128 cm³/mol.